The summed E-state index contributed by atoms with van der Waals surface area (Å²) in [5, 5.41) is 11.6. The van der Waals surface area contributed by atoms with Gasteiger partial charge in [-0.25, -0.2) is 0 Å². The predicted octanol–water partition coefficient (Wildman–Crippen LogP) is 5.61. The maximum Gasteiger partial charge on any atom is 0.416 e. The van der Waals surface area contributed by atoms with Gasteiger partial charge in [0.05, 0.1) is 12.0 Å². The summed E-state index contributed by atoms with van der Waals surface area (Å²) in [6, 6.07) is 17.3. The number of carbonyl (C=O) groups is 4. The van der Waals surface area contributed by atoms with Crippen LogP contribution in [0, 0.1) is 5.92 Å². The van der Waals surface area contributed by atoms with Gasteiger partial charge in [-0.1, -0.05) is 73.9 Å². The molecule has 0 spiro atoms. The van der Waals surface area contributed by atoms with Crippen molar-refractivity contribution in [2.24, 2.45) is 17.4 Å². The van der Waals surface area contributed by atoms with Gasteiger partial charge in [-0.15, -0.1) is 0 Å². The number of carbonyl (C=O) groups excluding carboxylic acids is 4. The Morgan fingerprint density at radius 3 is 1.88 bits per heavy atom. The summed E-state index contributed by atoms with van der Waals surface area (Å²) in [7, 11) is 0. The van der Waals surface area contributed by atoms with Gasteiger partial charge in [-0.3, -0.25) is 19.2 Å². The molecule has 3 aromatic rings. The molecule has 4 amide bonds. The number of rotatable bonds is 22. The smallest absolute Gasteiger partial charge is 0.416 e. The van der Waals surface area contributed by atoms with Crippen LogP contribution in [-0.2, 0) is 38.4 Å². The van der Waals surface area contributed by atoms with Crippen molar-refractivity contribution in [3.05, 3.63) is 101 Å². The third-order valence-electron chi connectivity index (χ3n) is 10.1. The second kappa shape index (κ2) is 23.3. The fraction of sp³-hybridized carbons (Fsp3) is 0.488. The summed E-state index contributed by atoms with van der Waals surface area (Å²) in [6.45, 7) is 1.29. The van der Waals surface area contributed by atoms with E-state index in [0.29, 0.717) is 74.5 Å². The maximum absolute atomic E-state index is 14.1. The van der Waals surface area contributed by atoms with Gasteiger partial charge in [-0.2, -0.15) is 13.2 Å². The molecule has 4 rings (SSSR count). The van der Waals surface area contributed by atoms with E-state index in [0.717, 1.165) is 49.8 Å². The Bertz CT molecular complexity index is 1690. The Labute approximate surface area is 333 Å². The molecule has 1 aliphatic rings. The molecular weight excluding hydrogens is 738 g/mol. The molecule has 0 radical (unpaired) electrons. The van der Waals surface area contributed by atoms with Gasteiger partial charge < -0.3 is 37.5 Å². The Hall–Kier alpha value is -4.95. The van der Waals surface area contributed by atoms with Gasteiger partial charge >= 0.3 is 6.18 Å². The highest BCUT2D eigenvalue weighted by Gasteiger charge is 2.32. The number of unbranched alkanes of at least 4 members (excludes halogenated alkanes) is 2. The fourth-order valence-corrected chi connectivity index (χ4v) is 6.82. The standard InChI is InChI=1S/C43H57F3N6O5/c44-43(45,46)34-21-17-32(18-22-34)29-57-35-23-19-33(20-24-35)39(42(56)49-28-31-13-5-2-6-14-31)52-41(55)37(16-8-10-26-48)51-40(54)36(15-7-9-25-47)50-38(53)27-30-11-3-1-4-12-30/h1,3-4,11-12,17-24,31,36-37,39H,2,5-10,13-16,25-29,47-48H2,(H,49,56)(H,50,53)(H,51,54)(H,52,55)/t36-,37-,39-/m0/s1. The molecule has 0 heterocycles. The first-order valence-electron chi connectivity index (χ1n) is 20.0. The molecule has 8 N–H and O–H groups in total. The lowest BCUT2D eigenvalue weighted by molar-refractivity contribution is -0.137. The normalized spacial score (nSPS) is 14.8. The van der Waals surface area contributed by atoms with E-state index in [-0.39, 0.29) is 25.4 Å². The number of halogens is 3. The zero-order chi connectivity index (χ0) is 41.0. The van der Waals surface area contributed by atoms with E-state index in [1.807, 2.05) is 30.3 Å². The van der Waals surface area contributed by atoms with Crippen LogP contribution in [0.3, 0.4) is 0 Å². The highest BCUT2D eigenvalue weighted by molar-refractivity contribution is 5.94. The molecular formula is C43H57F3N6O5. The molecule has 14 heteroatoms. The minimum Gasteiger partial charge on any atom is -0.489 e. The highest BCUT2D eigenvalue weighted by atomic mass is 19.4. The van der Waals surface area contributed by atoms with Crippen LogP contribution in [-0.4, -0.2) is 55.3 Å². The number of hydrogen-bond donors (Lipinski definition) is 6. The van der Waals surface area contributed by atoms with Crippen molar-refractivity contribution < 1.29 is 37.1 Å². The van der Waals surface area contributed by atoms with E-state index < -0.39 is 47.6 Å². The average molecular weight is 795 g/mol. The zero-order valence-electron chi connectivity index (χ0n) is 32.5. The summed E-state index contributed by atoms with van der Waals surface area (Å²) in [4.78, 5) is 54.8. The molecule has 0 aromatic heterocycles. The number of amides is 4. The molecule has 11 nitrogen and oxygen atoms in total. The van der Waals surface area contributed by atoms with E-state index in [2.05, 4.69) is 21.3 Å². The summed E-state index contributed by atoms with van der Waals surface area (Å²) < 4.78 is 44.8. The lowest BCUT2D eigenvalue weighted by Gasteiger charge is -2.27. The first-order valence-corrected chi connectivity index (χ1v) is 20.0. The van der Waals surface area contributed by atoms with Gasteiger partial charge in [0.2, 0.25) is 23.6 Å². The van der Waals surface area contributed by atoms with Gasteiger partial charge in [0.1, 0.15) is 30.5 Å². The summed E-state index contributed by atoms with van der Waals surface area (Å²) in [6.07, 6.45) is 3.94. The Balaban J connectivity index is 1.49. The van der Waals surface area contributed by atoms with Crippen LogP contribution < -0.4 is 37.5 Å². The summed E-state index contributed by atoms with van der Waals surface area (Å²) in [5.41, 5.74) is 12.5. The molecule has 1 saturated carbocycles. The lowest BCUT2D eigenvalue weighted by atomic mass is 9.89. The van der Waals surface area contributed by atoms with E-state index in [4.69, 9.17) is 16.2 Å². The van der Waals surface area contributed by atoms with Crippen LogP contribution >= 0.6 is 0 Å². The largest absolute Gasteiger partial charge is 0.489 e. The van der Waals surface area contributed by atoms with Crippen LogP contribution in [0.4, 0.5) is 13.2 Å². The zero-order valence-corrected chi connectivity index (χ0v) is 32.5. The molecule has 3 aromatic carbocycles. The first kappa shape index (κ1) is 44.8. The topological polar surface area (TPSA) is 178 Å². The fourth-order valence-electron chi connectivity index (χ4n) is 6.82. The van der Waals surface area contributed by atoms with Crippen molar-refractivity contribution in [2.75, 3.05) is 19.6 Å². The van der Waals surface area contributed by atoms with E-state index in [1.54, 1.807) is 24.3 Å². The van der Waals surface area contributed by atoms with Gasteiger partial charge in [0.25, 0.3) is 0 Å². The summed E-state index contributed by atoms with van der Waals surface area (Å²) in [5.74, 6) is -1.09. The molecule has 0 aliphatic heterocycles. The quantitative estimate of drug-likeness (QED) is 0.0717. The SMILES string of the molecule is NCCCC[C@H](NC(=O)Cc1ccccc1)C(=O)N[C@@H](CCCCN)C(=O)N[C@H](C(=O)NCC1CCCCC1)c1ccc(OCc2ccc(C(F)(F)F)cc2)cc1. The van der Waals surface area contributed by atoms with Gasteiger partial charge in [0.15, 0.2) is 0 Å². The molecule has 1 aliphatic carbocycles. The Morgan fingerprint density at radius 2 is 1.28 bits per heavy atom. The van der Waals surface area contributed by atoms with Crippen molar-refractivity contribution in [3.63, 3.8) is 0 Å². The summed E-state index contributed by atoms with van der Waals surface area (Å²) >= 11 is 0. The van der Waals surface area contributed by atoms with Gasteiger partial charge in [-0.05, 0) is 111 Å². The van der Waals surface area contributed by atoms with Crippen molar-refractivity contribution in [1.29, 1.82) is 0 Å². The highest BCUT2D eigenvalue weighted by Crippen LogP contribution is 2.29. The Morgan fingerprint density at radius 1 is 0.684 bits per heavy atom. The van der Waals surface area contributed by atoms with E-state index >= 15 is 0 Å². The first-order chi connectivity index (χ1) is 27.5. The average Bonchev–Trinajstić information content (AvgIpc) is 3.21. The van der Waals surface area contributed by atoms with Crippen molar-refractivity contribution in [1.82, 2.24) is 21.3 Å². The van der Waals surface area contributed by atoms with Gasteiger partial charge in [0, 0.05) is 6.54 Å². The lowest BCUT2D eigenvalue weighted by Crippen LogP contribution is -2.55. The third-order valence-corrected chi connectivity index (χ3v) is 10.1. The number of ether oxygens (including phenoxy) is 1. The number of nitrogens with one attached hydrogen (secondary N) is 4. The van der Waals surface area contributed by atoms with E-state index in [1.165, 1.54) is 12.1 Å². The molecule has 57 heavy (non-hydrogen) atoms. The van der Waals surface area contributed by atoms with Crippen LogP contribution in [0.15, 0.2) is 78.9 Å². The monoisotopic (exact) mass is 794 g/mol. The van der Waals surface area contributed by atoms with Crippen LogP contribution in [0.2, 0.25) is 0 Å². The van der Waals surface area contributed by atoms with Crippen molar-refractivity contribution in [2.45, 2.75) is 108 Å². The van der Waals surface area contributed by atoms with Crippen LogP contribution in [0.5, 0.6) is 5.75 Å². The number of alkyl halides is 3. The minimum atomic E-state index is -4.44. The number of nitrogens with two attached hydrogens (primary N) is 2. The molecule has 0 unspecified atom stereocenters. The van der Waals surface area contributed by atoms with Crippen molar-refractivity contribution in [3.8, 4) is 5.75 Å². The number of benzene rings is 3. The number of hydrogen-bond acceptors (Lipinski definition) is 7. The Kier molecular flexibility index (Phi) is 18.3. The second-order valence-electron chi connectivity index (χ2n) is 14.7. The molecule has 0 bridgehead atoms. The van der Waals surface area contributed by atoms with Crippen LogP contribution in [0.25, 0.3) is 0 Å². The minimum absolute atomic E-state index is 0.0175. The van der Waals surface area contributed by atoms with Crippen LogP contribution in [0.1, 0.15) is 98.9 Å². The molecule has 310 valence electrons. The molecule has 1 fully saturated rings. The van der Waals surface area contributed by atoms with Crippen molar-refractivity contribution >= 4 is 23.6 Å². The third kappa shape index (κ3) is 15.5. The maximum atomic E-state index is 14.1. The second-order valence-corrected chi connectivity index (χ2v) is 14.7. The molecule has 0 saturated heterocycles. The predicted molar refractivity (Wildman–Crippen MR) is 213 cm³/mol. The van der Waals surface area contributed by atoms with E-state index in [9.17, 15) is 32.3 Å². The molecule has 3 atom stereocenters.